The van der Waals surface area contributed by atoms with Crippen molar-refractivity contribution in [3.8, 4) is 5.75 Å². The smallest absolute Gasteiger partial charge is 0.124 e. The number of benzene rings is 2. The highest BCUT2D eigenvalue weighted by molar-refractivity contribution is 7.80. The van der Waals surface area contributed by atoms with E-state index in [1.807, 2.05) is 26.0 Å². The Bertz CT molecular complexity index is 680. The van der Waals surface area contributed by atoms with Gasteiger partial charge >= 0.3 is 0 Å². The van der Waals surface area contributed by atoms with Gasteiger partial charge in [0.25, 0.3) is 0 Å². The van der Waals surface area contributed by atoms with Crippen molar-refractivity contribution in [3.05, 3.63) is 63.4 Å². The first-order chi connectivity index (χ1) is 9.86. The van der Waals surface area contributed by atoms with Crippen LogP contribution in [0.25, 0.3) is 0 Å². The van der Waals surface area contributed by atoms with Crippen molar-refractivity contribution in [2.75, 3.05) is 0 Å². The lowest BCUT2D eigenvalue weighted by Gasteiger charge is -2.11. The molecule has 0 radical (unpaired) electrons. The van der Waals surface area contributed by atoms with Crippen molar-refractivity contribution >= 4 is 28.8 Å². The molecule has 21 heavy (non-hydrogen) atoms. The number of hydrogen-bond acceptors (Lipinski definition) is 2. The van der Waals surface area contributed by atoms with Crippen LogP contribution in [0.15, 0.2) is 30.3 Å². The predicted molar refractivity (Wildman–Crippen MR) is 87.5 cm³/mol. The van der Waals surface area contributed by atoms with Gasteiger partial charge in [0.1, 0.15) is 23.2 Å². The first-order valence-corrected chi connectivity index (χ1v) is 7.14. The second kappa shape index (κ2) is 6.41. The van der Waals surface area contributed by atoms with E-state index >= 15 is 0 Å². The van der Waals surface area contributed by atoms with Crippen LogP contribution in [-0.2, 0) is 6.61 Å². The summed E-state index contributed by atoms with van der Waals surface area (Å²) in [5, 5.41) is 0.726. The van der Waals surface area contributed by atoms with E-state index in [0.29, 0.717) is 16.9 Å². The maximum atomic E-state index is 13.5. The minimum absolute atomic E-state index is 0.161. The third-order valence-corrected chi connectivity index (χ3v) is 3.89. The Morgan fingerprint density at radius 3 is 2.38 bits per heavy atom. The van der Waals surface area contributed by atoms with E-state index in [-0.39, 0.29) is 17.4 Å². The van der Waals surface area contributed by atoms with Crippen molar-refractivity contribution < 1.29 is 9.13 Å². The maximum Gasteiger partial charge on any atom is 0.124 e. The second-order valence-corrected chi connectivity index (χ2v) is 5.69. The van der Waals surface area contributed by atoms with Crippen LogP contribution in [0.2, 0.25) is 5.02 Å². The fraction of sp³-hybridized carbons (Fsp3) is 0.188. The van der Waals surface area contributed by atoms with E-state index in [2.05, 4.69) is 0 Å². The molecule has 0 aliphatic heterocycles. The normalized spacial score (nSPS) is 10.5. The van der Waals surface area contributed by atoms with Crippen molar-refractivity contribution in [3.63, 3.8) is 0 Å². The lowest BCUT2D eigenvalue weighted by molar-refractivity contribution is 0.305. The van der Waals surface area contributed by atoms with Gasteiger partial charge in [0, 0.05) is 10.6 Å². The molecule has 2 aromatic rings. The van der Waals surface area contributed by atoms with Crippen molar-refractivity contribution in [1.29, 1.82) is 0 Å². The lowest BCUT2D eigenvalue weighted by Crippen LogP contribution is -2.10. The second-order valence-electron chi connectivity index (χ2n) is 4.87. The Labute approximate surface area is 133 Å². The molecule has 0 amide bonds. The molecule has 0 aromatic heterocycles. The van der Waals surface area contributed by atoms with Crippen LogP contribution < -0.4 is 10.5 Å². The summed E-state index contributed by atoms with van der Waals surface area (Å²) in [7, 11) is 0. The zero-order valence-electron chi connectivity index (χ0n) is 11.7. The highest BCUT2D eigenvalue weighted by atomic mass is 35.5. The number of hydrogen-bond donors (Lipinski definition) is 1. The fourth-order valence-electron chi connectivity index (χ4n) is 2.03. The molecular weight excluding hydrogens is 309 g/mol. The van der Waals surface area contributed by atoms with Crippen LogP contribution in [0.4, 0.5) is 4.39 Å². The third kappa shape index (κ3) is 3.93. The van der Waals surface area contributed by atoms with E-state index in [0.717, 1.165) is 16.1 Å². The Morgan fingerprint density at radius 1 is 1.19 bits per heavy atom. The summed E-state index contributed by atoms with van der Waals surface area (Å²) in [4.78, 5) is 0.161. The summed E-state index contributed by atoms with van der Waals surface area (Å²) >= 11 is 11.0. The van der Waals surface area contributed by atoms with Crippen LogP contribution in [-0.4, -0.2) is 4.99 Å². The first-order valence-electron chi connectivity index (χ1n) is 6.35. The summed E-state index contributed by atoms with van der Waals surface area (Å²) in [5.41, 5.74) is 8.57. The Morgan fingerprint density at radius 2 is 1.81 bits per heavy atom. The molecule has 110 valence electrons. The van der Waals surface area contributed by atoms with Crippen LogP contribution in [0.3, 0.4) is 0 Å². The molecule has 0 fully saturated rings. The summed E-state index contributed by atoms with van der Waals surface area (Å²) < 4.78 is 19.2. The topological polar surface area (TPSA) is 35.2 Å². The minimum Gasteiger partial charge on any atom is -0.489 e. The van der Waals surface area contributed by atoms with Gasteiger partial charge in [0.05, 0.1) is 0 Å². The Balaban J connectivity index is 2.18. The van der Waals surface area contributed by atoms with Gasteiger partial charge in [-0.25, -0.2) is 4.39 Å². The lowest BCUT2D eigenvalue weighted by atomic mass is 10.1. The zero-order chi connectivity index (χ0) is 15.6. The molecule has 0 heterocycles. The van der Waals surface area contributed by atoms with Gasteiger partial charge in [-0.15, -0.1) is 0 Å². The molecule has 0 bridgehead atoms. The maximum absolute atomic E-state index is 13.5. The van der Waals surface area contributed by atoms with Gasteiger partial charge < -0.3 is 10.5 Å². The number of aryl methyl sites for hydroxylation is 2. The third-order valence-electron chi connectivity index (χ3n) is 3.06. The molecule has 5 heteroatoms. The minimum atomic E-state index is -0.387. The highest BCUT2D eigenvalue weighted by Gasteiger charge is 2.06. The predicted octanol–water partition coefficient (Wildman–Crippen LogP) is 4.31. The number of ether oxygens (including phenoxy) is 1. The van der Waals surface area contributed by atoms with Crippen LogP contribution in [0.1, 0.15) is 22.3 Å². The molecule has 2 nitrogen and oxygen atoms in total. The van der Waals surface area contributed by atoms with Crippen LogP contribution >= 0.6 is 23.8 Å². The van der Waals surface area contributed by atoms with E-state index in [4.69, 9.17) is 34.3 Å². The van der Waals surface area contributed by atoms with E-state index in [9.17, 15) is 4.39 Å². The molecule has 0 spiro atoms. The van der Waals surface area contributed by atoms with Gasteiger partial charge in [-0.2, -0.15) is 0 Å². The summed E-state index contributed by atoms with van der Waals surface area (Å²) in [6.45, 7) is 4.05. The van der Waals surface area contributed by atoms with Gasteiger partial charge in [0.2, 0.25) is 0 Å². The molecule has 2 aromatic carbocycles. The molecule has 2 rings (SSSR count). The molecule has 0 saturated carbocycles. The number of rotatable bonds is 4. The SMILES string of the molecule is Cc1cc(OCc2cc(F)cc(C(N)=S)c2)cc(C)c1Cl. The molecule has 2 N–H and O–H groups in total. The monoisotopic (exact) mass is 323 g/mol. The molecule has 0 saturated heterocycles. The Hall–Kier alpha value is -1.65. The largest absolute Gasteiger partial charge is 0.489 e. The standard InChI is InChI=1S/C16H15ClFNOS/c1-9-3-14(4-10(2)15(9)17)20-8-11-5-12(16(19)21)7-13(18)6-11/h3-7H,8H2,1-2H3,(H2,19,21). The molecule has 0 unspecified atom stereocenters. The summed E-state index contributed by atoms with van der Waals surface area (Å²) in [6.07, 6.45) is 0. The highest BCUT2D eigenvalue weighted by Crippen LogP contribution is 2.26. The first kappa shape index (κ1) is 15.7. The van der Waals surface area contributed by atoms with Crippen LogP contribution in [0.5, 0.6) is 5.75 Å². The quantitative estimate of drug-likeness (QED) is 0.852. The molecule has 0 atom stereocenters. The summed E-state index contributed by atoms with van der Waals surface area (Å²) in [6, 6.07) is 8.13. The average molecular weight is 324 g/mol. The van der Waals surface area contributed by atoms with Gasteiger partial charge in [-0.3, -0.25) is 0 Å². The van der Waals surface area contributed by atoms with Crippen LogP contribution in [0, 0.1) is 19.7 Å². The average Bonchev–Trinajstić information content (AvgIpc) is 2.41. The zero-order valence-corrected chi connectivity index (χ0v) is 13.3. The van der Waals surface area contributed by atoms with Gasteiger partial charge in [0.15, 0.2) is 0 Å². The van der Waals surface area contributed by atoms with Gasteiger partial charge in [-0.1, -0.05) is 23.8 Å². The van der Waals surface area contributed by atoms with Crippen molar-refractivity contribution in [2.24, 2.45) is 5.73 Å². The van der Waals surface area contributed by atoms with Gasteiger partial charge in [-0.05, 0) is 60.9 Å². The fourth-order valence-corrected chi connectivity index (χ4v) is 2.26. The number of nitrogens with two attached hydrogens (primary N) is 1. The number of halogens is 2. The van der Waals surface area contributed by atoms with E-state index in [1.165, 1.54) is 12.1 Å². The number of thiocarbonyl (C=S) groups is 1. The van der Waals surface area contributed by atoms with Crippen molar-refractivity contribution in [2.45, 2.75) is 20.5 Å². The van der Waals surface area contributed by atoms with E-state index < -0.39 is 0 Å². The molecular formula is C16H15ClFNOS. The molecule has 0 aliphatic carbocycles. The Kier molecular flexibility index (Phi) is 4.80. The molecule has 0 aliphatic rings. The summed E-state index contributed by atoms with van der Waals surface area (Å²) in [5.74, 6) is 0.304. The van der Waals surface area contributed by atoms with Crippen molar-refractivity contribution in [1.82, 2.24) is 0 Å². The van der Waals surface area contributed by atoms with E-state index in [1.54, 1.807) is 6.07 Å².